The zero-order valence-corrected chi connectivity index (χ0v) is 15.8. The average Bonchev–Trinajstić information content (AvgIpc) is 2.79. The standard InChI is InChI=1S/C19H27N3O2S/c1-14-7-12-22(16-5-3-4-6-17(16)25-14)18(23)13-21-10-8-15(9-11-21)19(24)20-2/h3-6,14-15H,7-13H2,1-2H3,(H,20,24). The number of piperidine rings is 1. The van der Waals surface area contributed by atoms with Gasteiger partial charge in [0.05, 0.1) is 12.2 Å². The highest BCUT2D eigenvalue weighted by Gasteiger charge is 2.28. The molecule has 6 heteroatoms. The minimum Gasteiger partial charge on any atom is -0.359 e. The van der Waals surface area contributed by atoms with E-state index in [2.05, 4.69) is 29.3 Å². The molecule has 25 heavy (non-hydrogen) atoms. The molecule has 1 saturated heterocycles. The van der Waals surface area contributed by atoms with Crippen LogP contribution in [0.2, 0.25) is 0 Å². The SMILES string of the molecule is CNC(=O)C1CCN(CC(=O)N2CCC(C)Sc3ccccc32)CC1. The van der Waals surface area contributed by atoms with Gasteiger partial charge in [-0.25, -0.2) is 0 Å². The van der Waals surface area contributed by atoms with Crippen LogP contribution in [0.1, 0.15) is 26.2 Å². The predicted octanol–water partition coefficient (Wildman–Crippen LogP) is 2.36. The van der Waals surface area contributed by atoms with Gasteiger partial charge in [0.25, 0.3) is 0 Å². The summed E-state index contributed by atoms with van der Waals surface area (Å²) in [5.74, 6) is 0.381. The third-order valence-electron chi connectivity index (χ3n) is 5.11. The summed E-state index contributed by atoms with van der Waals surface area (Å²) in [5, 5.41) is 3.25. The molecule has 5 nitrogen and oxygen atoms in total. The number of anilines is 1. The Balaban J connectivity index is 1.63. The molecule has 2 heterocycles. The first kappa shape index (κ1) is 18.3. The maximum atomic E-state index is 13.0. The lowest BCUT2D eigenvalue weighted by Gasteiger charge is -2.32. The topological polar surface area (TPSA) is 52.7 Å². The van der Waals surface area contributed by atoms with E-state index >= 15 is 0 Å². The molecule has 1 aromatic carbocycles. The quantitative estimate of drug-likeness (QED) is 0.898. The van der Waals surface area contributed by atoms with Crippen molar-refractivity contribution in [2.24, 2.45) is 5.92 Å². The van der Waals surface area contributed by atoms with Crippen molar-refractivity contribution in [1.82, 2.24) is 10.2 Å². The molecule has 0 bridgehead atoms. The molecular formula is C19H27N3O2S. The Morgan fingerprint density at radius 3 is 2.60 bits per heavy atom. The van der Waals surface area contributed by atoms with Crippen LogP contribution in [0.4, 0.5) is 5.69 Å². The lowest BCUT2D eigenvalue weighted by atomic mass is 9.96. The van der Waals surface area contributed by atoms with Crippen molar-refractivity contribution in [3.63, 3.8) is 0 Å². The Morgan fingerprint density at radius 2 is 1.88 bits per heavy atom. The number of rotatable bonds is 3. The first-order valence-electron chi connectivity index (χ1n) is 9.08. The summed E-state index contributed by atoms with van der Waals surface area (Å²) in [7, 11) is 1.69. The number of carbonyl (C=O) groups is 2. The highest BCUT2D eigenvalue weighted by atomic mass is 32.2. The fraction of sp³-hybridized carbons (Fsp3) is 0.579. The molecule has 2 amide bonds. The summed E-state index contributed by atoms with van der Waals surface area (Å²) in [6, 6.07) is 8.20. The zero-order chi connectivity index (χ0) is 17.8. The lowest BCUT2D eigenvalue weighted by molar-refractivity contribution is -0.126. The van der Waals surface area contributed by atoms with Gasteiger partial charge >= 0.3 is 0 Å². The van der Waals surface area contributed by atoms with Crippen LogP contribution in [0.3, 0.4) is 0 Å². The highest BCUT2D eigenvalue weighted by molar-refractivity contribution is 8.00. The number of fused-ring (bicyclic) bond motifs is 1. The molecular weight excluding hydrogens is 334 g/mol. The third kappa shape index (κ3) is 4.36. The maximum absolute atomic E-state index is 13.0. The van der Waals surface area contributed by atoms with Gasteiger partial charge in [-0.15, -0.1) is 11.8 Å². The van der Waals surface area contributed by atoms with E-state index in [1.165, 1.54) is 4.90 Å². The number of carbonyl (C=O) groups excluding carboxylic acids is 2. The van der Waals surface area contributed by atoms with Gasteiger partial charge in [0, 0.05) is 29.7 Å². The number of nitrogens with one attached hydrogen (secondary N) is 1. The minimum atomic E-state index is 0.0903. The second-order valence-corrected chi connectivity index (χ2v) is 8.38. The van der Waals surface area contributed by atoms with Crippen molar-refractivity contribution in [3.05, 3.63) is 24.3 Å². The molecule has 1 N–H and O–H groups in total. The number of benzene rings is 1. The summed E-state index contributed by atoms with van der Waals surface area (Å²) in [6.07, 6.45) is 2.66. The summed E-state index contributed by atoms with van der Waals surface area (Å²) < 4.78 is 0. The van der Waals surface area contributed by atoms with Gasteiger partial charge in [-0.1, -0.05) is 19.1 Å². The summed E-state index contributed by atoms with van der Waals surface area (Å²) in [4.78, 5) is 30.0. The van der Waals surface area contributed by atoms with Crippen LogP contribution in [0.15, 0.2) is 29.2 Å². The number of thioether (sulfide) groups is 1. The van der Waals surface area contributed by atoms with Crippen LogP contribution >= 0.6 is 11.8 Å². The Hall–Kier alpha value is -1.53. The van der Waals surface area contributed by atoms with E-state index in [-0.39, 0.29) is 17.7 Å². The average molecular weight is 362 g/mol. The van der Waals surface area contributed by atoms with Crippen LogP contribution in [-0.4, -0.2) is 55.2 Å². The molecule has 0 aliphatic carbocycles. The Kier molecular flexibility index (Phi) is 6.02. The van der Waals surface area contributed by atoms with E-state index in [1.54, 1.807) is 7.05 Å². The van der Waals surface area contributed by atoms with E-state index < -0.39 is 0 Å². The normalized spacial score (nSPS) is 22.2. The molecule has 0 saturated carbocycles. The number of para-hydroxylation sites is 1. The van der Waals surface area contributed by atoms with Gasteiger partial charge in [0.2, 0.25) is 11.8 Å². The van der Waals surface area contributed by atoms with Crippen LogP contribution in [-0.2, 0) is 9.59 Å². The van der Waals surface area contributed by atoms with E-state index in [0.717, 1.165) is 44.6 Å². The second kappa shape index (κ2) is 8.23. The van der Waals surface area contributed by atoms with Crippen LogP contribution < -0.4 is 10.2 Å². The lowest BCUT2D eigenvalue weighted by Crippen LogP contribution is -2.45. The van der Waals surface area contributed by atoms with Crippen molar-refractivity contribution in [2.75, 3.05) is 38.1 Å². The van der Waals surface area contributed by atoms with Crippen LogP contribution in [0.5, 0.6) is 0 Å². The van der Waals surface area contributed by atoms with Crippen molar-refractivity contribution in [3.8, 4) is 0 Å². The molecule has 2 aliphatic heterocycles. The fourth-order valence-electron chi connectivity index (χ4n) is 3.58. The molecule has 1 unspecified atom stereocenters. The molecule has 0 spiro atoms. The predicted molar refractivity (Wildman–Crippen MR) is 102 cm³/mol. The summed E-state index contributed by atoms with van der Waals surface area (Å²) in [6.45, 7) is 5.06. The number of amides is 2. The molecule has 2 aliphatic rings. The van der Waals surface area contributed by atoms with Gasteiger partial charge < -0.3 is 10.2 Å². The summed E-state index contributed by atoms with van der Waals surface area (Å²) in [5.41, 5.74) is 1.04. The number of nitrogens with zero attached hydrogens (tertiary/aromatic N) is 2. The van der Waals surface area contributed by atoms with E-state index in [1.807, 2.05) is 28.8 Å². The molecule has 0 aromatic heterocycles. The Morgan fingerprint density at radius 1 is 1.16 bits per heavy atom. The van der Waals surface area contributed by atoms with Gasteiger partial charge in [-0.05, 0) is 44.5 Å². The third-order valence-corrected chi connectivity index (χ3v) is 6.35. The molecule has 1 aromatic rings. The van der Waals surface area contributed by atoms with Gasteiger partial charge in [-0.3, -0.25) is 14.5 Å². The molecule has 136 valence electrons. The van der Waals surface area contributed by atoms with Crippen molar-refractivity contribution >= 4 is 29.3 Å². The molecule has 0 radical (unpaired) electrons. The van der Waals surface area contributed by atoms with Crippen LogP contribution in [0, 0.1) is 5.92 Å². The Labute approximate surface area is 154 Å². The molecule has 1 fully saturated rings. The largest absolute Gasteiger partial charge is 0.359 e. The van der Waals surface area contributed by atoms with Crippen molar-refractivity contribution in [2.45, 2.75) is 36.3 Å². The van der Waals surface area contributed by atoms with E-state index in [4.69, 9.17) is 0 Å². The highest BCUT2D eigenvalue weighted by Crippen LogP contribution is 2.37. The van der Waals surface area contributed by atoms with E-state index in [0.29, 0.717) is 11.8 Å². The maximum Gasteiger partial charge on any atom is 0.241 e. The Bertz CT molecular complexity index is 629. The van der Waals surface area contributed by atoms with Gasteiger partial charge in [0.1, 0.15) is 0 Å². The summed E-state index contributed by atoms with van der Waals surface area (Å²) >= 11 is 1.85. The monoisotopic (exact) mass is 361 g/mol. The number of hydrogen-bond acceptors (Lipinski definition) is 4. The minimum absolute atomic E-state index is 0.0903. The van der Waals surface area contributed by atoms with Crippen LogP contribution in [0.25, 0.3) is 0 Å². The van der Waals surface area contributed by atoms with Crippen molar-refractivity contribution in [1.29, 1.82) is 0 Å². The zero-order valence-electron chi connectivity index (χ0n) is 15.0. The van der Waals surface area contributed by atoms with E-state index in [9.17, 15) is 9.59 Å². The molecule has 3 rings (SSSR count). The van der Waals surface area contributed by atoms with Gasteiger partial charge in [0.15, 0.2) is 0 Å². The second-order valence-electron chi connectivity index (χ2n) is 6.89. The fourth-order valence-corrected chi connectivity index (χ4v) is 4.69. The smallest absolute Gasteiger partial charge is 0.241 e. The van der Waals surface area contributed by atoms with Gasteiger partial charge in [-0.2, -0.15) is 0 Å². The first-order valence-corrected chi connectivity index (χ1v) is 9.96. The first-order chi connectivity index (χ1) is 12.1. The van der Waals surface area contributed by atoms with Crippen molar-refractivity contribution < 1.29 is 9.59 Å². The molecule has 1 atom stereocenters. The number of hydrogen-bond donors (Lipinski definition) is 1. The number of likely N-dealkylation sites (tertiary alicyclic amines) is 1.